The molecule has 0 aromatic heterocycles. The lowest BCUT2D eigenvalue weighted by Crippen LogP contribution is -2.52. The molecule has 0 radical (unpaired) electrons. The van der Waals surface area contributed by atoms with Gasteiger partial charge in [-0.2, -0.15) is 0 Å². The molecule has 2 nitrogen and oxygen atoms in total. The molecule has 1 N–H and O–H groups in total. The van der Waals surface area contributed by atoms with E-state index in [4.69, 9.17) is 0 Å². The Hall–Kier alpha value is -0.0800. The van der Waals surface area contributed by atoms with Crippen molar-refractivity contribution in [3.05, 3.63) is 0 Å². The van der Waals surface area contributed by atoms with Crippen LogP contribution in [0.5, 0.6) is 0 Å². The minimum Gasteiger partial charge on any atom is -0.317 e. The summed E-state index contributed by atoms with van der Waals surface area (Å²) in [7, 11) is 2.12. The van der Waals surface area contributed by atoms with Crippen LogP contribution in [0.4, 0.5) is 0 Å². The number of fused-ring (bicyclic) bond motifs is 2. The van der Waals surface area contributed by atoms with Gasteiger partial charge in [0.1, 0.15) is 0 Å². The van der Waals surface area contributed by atoms with Crippen LogP contribution in [0.3, 0.4) is 0 Å². The molecule has 2 fully saturated rings. The van der Waals surface area contributed by atoms with E-state index in [0.29, 0.717) is 0 Å². The highest BCUT2D eigenvalue weighted by Crippen LogP contribution is 2.38. The molecule has 2 heterocycles. The number of nitrogens with zero attached hydrogens (tertiary/aromatic N) is 1. The predicted molar refractivity (Wildman–Crippen MR) is 69.6 cm³/mol. The Morgan fingerprint density at radius 2 is 1.69 bits per heavy atom. The lowest BCUT2D eigenvalue weighted by Gasteiger charge is -2.43. The second kappa shape index (κ2) is 5.05. The predicted octanol–water partition coefficient (Wildman–Crippen LogP) is 2.64. The van der Waals surface area contributed by atoms with Gasteiger partial charge in [-0.25, -0.2) is 0 Å². The Labute approximate surface area is 101 Å². The molecule has 0 aromatic rings. The van der Waals surface area contributed by atoms with Gasteiger partial charge < -0.3 is 5.32 Å². The summed E-state index contributed by atoms with van der Waals surface area (Å²) in [5, 5.41) is 3.48. The fourth-order valence-electron chi connectivity index (χ4n) is 3.97. The zero-order chi connectivity index (χ0) is 11.7. The molecule has 2 bridgehead atoms. The van der Waals surface area contributed by atoms with Gasteiger partial charge >= 0.3 is 0 Å². The van der Waals surface area contributed by atoms with Crippen LogP contribution in [-0.2, 0) is 0 Å². The van der Waals surface area contributed by atoms with Crippen molar-refractivity contribution in [1.29, 1.82) is 0 Å². The molecule has 0 aromatic carbocycles. The van der Waals surface area contributed by atoms with Crippen molar-refractivity contribution in [3.63, 3.8) is 0 Å². The molecule has 0 amide bonds. The molecule has 3 atom stereocenters. The first kappa shape index (κ1) is 12.4. The van der Waals surface area contributed by atoms with E-state index in [1.54, 1.807) is 0 Å². The zero-order valence-corrected chi connectivity index (χ0v) is 11.4. The Kier molecular flexibility index (Phi) is 3.91. The SMILES string of the molecule is CNC1CC2CCC(C1)N2C(C)CC(C)C. The van der Waals surface area contributed by atoms with Crippen molar-refractivity contribution < 1.29 is 0 Å². The van der Waals surface area contributed by atoms with Crippen LogP contribution < -0.4 is 5.32 Å². The second-order valence-corrected chi connectivity index (χ2v) is 6.27. The minimum absolute atomic E-state index is 0.778. The lowest BCUT2D eigenvalue weighted by atomic mass is 9.93. The largest absolute Gasteiger partial charge is 0.317 e. The summed E-state index contributed by atoms with van der Waals surface area (Å²) in [5.41, 5.74) is 0. The fraction of sp³-hybridized carbons (Fsp3) is 1.00. The molecule has 0 saturated carbocycles. The van der Waals surface area contributed by atoms with Gasteiger partial charge in [0, 0.05) is 24.2 Å². The number of hydrogen-bond donors (Lipinski definition) is 1. The molecular weight excluding hydrogens is 196 g/mol. The zero-order valence-electron chi connectivity index (χ0n) is 11.4. The molecule has 2 rings (SSSR count). The summed E-state index contributed by atoms with van der Waals surface area (Å²) in [6.07, 6.45) is 6.97. The van der Waals surface area contributed by atoms with E-state index in [1.165, 1.54) is 32.1 Å². The van der Waals surface area contributed by atoms with Gasteiger partial charge in [0.25, 0.3) is 0 Å². The highest BCUT2D eigenvalue weighted by Gasteiger charge is 2.42. The molecule has 94 valence electrons. The van der Waals surface area contributed by atoms with E-state index in [1.807, 2.05) is 0 Å². The molecule has 2 saturated heterocycles. The van der Waals surface area contributed by atoms with Crippen molar-refractivity contribution in [2.45, 2.75) is 77.0 Å². The summed E-state index contributed by atoms with van der Waals surface area (Å²) < 4.78 is 0. The molecule has 0 spiro atoms. The third-order valence-electron chi connectivity index (χ3n) is 4.52. The average molecular weight is 224 g/mol. The molecule has 0 aliphatic carbocycles. The normalized spacial score (nSPS) is 36.9. The van der Waals surface area contributed by atoms with Gasteiger partial charge in [0.2, 0.25) is 0 Å². The van der Waals surface area contributed by atoms with Gasteiger partial charge in [-0.1, -0.05) is 13.8 Å². The second-order valence-electron chi connectivity index (χ2n) is 6.27. The third kappa shape index (κ3) is 2.43. The van der Waals surface area contributed by atoms with Crippen molar-refractivity contribution in [3.8, 4) is 0 Å². The monoisotopic (exact) mass is 224 g/mol. The molecule has 3 unspecified atom stereocenters. The highest BCUT2D eigenvalue weighted by atomic mass is 15.3. The van der Waals surface area contributed by atoms with E-state index in [9.17, 15) is 0 Å². The maximum Gasteiger partial charge on any atom is 0.0116 e. The minimum atomic E-state index is 0.778. The van der Waals surface area contributed by atoms with Crippen molar-refractivity contribution in [2.75, 3.05) is 7.05 Å². The third-order valence-corrected chi connectivity index (χ3v) is 4.52. The Balaban J connectivity index is 1.97. The van der Waals surface area contributed by atoms with Gasteiger partial charge in [-0.3, -0.25) is 4.90 Å². The van der Waals surface area contributed by atoms with Crippen LogP contribution in [0.1, 0.15) is 52.9 Å². The molecule has 2 aliphatic heterocycles. The molecule has 16 heavy (non-hydrogen) atoms. The van der Waals surface area contributed by atoms with Crippen LogP contribution in [0, 0.1) is 5.92 Å². The Bertz CT molecular complexity index is 213. The van der Waals surface area contributed by atoms with E-state index in [-0.39, 0.29) is 0 Å². The van der Waals surface area contributed by atoms with Crippen molar-refractivity contribution in [2.24, 2.45) is 5.92 Å². The molecular formula is C14H28N2. The maximum absolute atomic E-state index is 3.48. The number of piperidine rings is 1. The van der Waals surface area contributed by atoms with Gasteiger partial charge in [-0.05, 0) is 52.0 Å². The van der Waals surface area contributed by atoms with Crippen molar-refractivity contribution >= 4 is 0 Å². The molecule has 2 aliphatic rings. The van der Waals surface area contributed by atoms with E-state index in [0.717, 1.165) is 30.1 Å². The first-order chi connectivity index (χ1) is 7.61. The summed E-state index contributed by atoms with van der Waals surface area (Å²) in [6, 6.07) is 3.30. The summed E-state index contributed by atoms with van der Waals surface area (Å²) in [5.74, 6) is 0.830. The van der Waals surface area contributed by atoms with Gasteiger partial charge in [-0.15, -0.1) is 0 Å². The number of hydrogen-bond acceptors (Lipinski definition) is 2. The van der Waals surface area contributed by atoms with Crippen LogP contribution in [0.25, 0.3) is 0 Å². The topological polar surface area (TPSA) is 15.3 Å². The van der Waals surface area contributed by atoms with Crippen molar-refractivity contribution in [1.82, 2.24) is 10.2 Å². The van der Waals surface area contributed by atoms with Gasteiger partial charge in [0.05, 0.1) is 0 Å². The highest BCUT2D eigenvalue weighted by molar-refractivity contribution is 4.99. The average Bonchev–Trinajstić information content (AvgIpc) is 2.49. The summed E-state index contributed by atoms with van der Waals surface area (Å²) in [4.78, 5) is 2.84. The standard InChI is InChI=1S/C14H28N2/c1-10(2)7-11(3)16-13-5-6-14(16)9-12(8-13)15-4/h10-15H,5-9H2,1-4H3. The van der Waals surface area contributed by atoms with E-state index < -0.39 is 0 Å². The van der Waals surface area contributed by atoms with Crippen LogP contribution in [-0.4, -0.2) is 36.1 Å². The Morgan fingerprint density at radius 1 is 1.12 bits per heavy atom. The Morgan fingerprint density at radius 3 is 2.12 bits per heavy atom. The first-order valence-electron chi connectivity index (χ1n) is 7.06. The number of rotatable bonds is 4. The number of nitrogens with one attached hydrogen (secondary N) is 1. The first-order valence-corrected chi connectivity index (χ1v) is 7.06. The molecule has 2 heteroatoms. The van der Waals surface area contributed by atoms with Crippen LogP contribution in [0.2, 0.25) is 0 Å². The fourth-order valence-corrected chi connectivity index (χ4v) is 3.97. The van der Waals surface area contributed by atoms with Crippen LogP contribution in [0.15, 0.2) is 0 Å². The summed E-state index contributed by atoms with van der Waals surface area (Å²) in [6.45, 7) is 7.13. The van der Waals surface area contributed by atoms with Crippen LogP contribution >= 0.6 is 0 Å². The van der Waals surface area contributed by atoms with E-state index in [2.05, 4.69) is 38.0 Å². The maximum atomic E-state index is 3.48. The van der Waals surface area contributed by atoms with Gasteiger partial charge in [0.15, 0.2) is 0 Å². The smallest absolute Gasteiger partial charge is 0.0116 e. The van der Waals surface area contributed by atoms with E-state index >= 15 is 0 Å². The summed E-state index contributed by atoms with van der Waals surface area (Å²) >= 11 is 0. The lowest BCUT2D eigenvalue weighted by molar-refractivity contribution is 0.0694. The quantitative estimate of drug-likeness (QED) is 0.790.